The number of rotatable bonds is 5. The molecule has 1 atom stereocenters. The van der Waals surface area contributed by atoms with Crippen molar-refractivity contribution < 1.29 is 27.9 Å². The van der Waals surface area contributed by atoms with Crippen LogP contribution in [0, 0.1) is 0 Å². The molecule has 4 rings (SSSR count). The lowest BCUT2D eigenvalue weighted by Crippen LogP contribution is -2.50. The van der Waals surface area contributed by atoms with Gasteiger partial charge in [-0.15, -0.1) is 0 Å². The van der Waals surface area contributed by atoms with Gasteiger partial charge in [0.25, 0.3) is 5.91 Å². The molecule has 3 heterocycles. The maximum absolute atomic E-state index is 13.7. The summed E-state index contributed by atoms with van der Waals surface area (Å²) in [5.41, 5.74) is 2.20. The number of imidazole rings is 1. The number of halogens is 3. The van der Waals surface area contributed by atoms with Gasteiger partial charge in [0, 0.05) is 42.8 Å². The number of carbonyl (C=O) groups is 2. The Kier molecular flexibility index (Phi) is 6.22. The fourth-order valence-corrected chi connectivity index (χ4v) is 3.57. The number of amides is 2. The number of aromatic nitrogens is 4. The van der Waals surface area contributed by atoms with Gasteiger partial charge in [-0.1, -0.05) is 18.2 Å². The average molecular weight is 484 g/mol. The second kappa shape index (κ2) is 9.14. The van der Waals surface area contributed by atoms with Crippen LogP contribution in [0.1, 0.15) is 22.6 Å². The molecular formula is C23H19F3N6O3. The van der Waals surface area contributed by atoms with Crippen LogP contribution in [-0.4, -0.2) is 42.6 Å². The van der Waals surface area contributed by atoms with E-state index in [0.29, 0.717) is 22.2 Å². The number of aryl methyl sites for hydroxylation is 1. The summed E-state index contributed by atoms with van der Waals surface area (Å²) in [6.45, 7) is 0. The Morgan fingerprint density at radius 3 is 2.51 bits per heavy atom. The van der Waals surface area contributed by atoms with Gasteiger partial charge in [-0.2, -0.15) is 13.2 Å². The maximum atomic E-state index is 13.7. The van der Waals surface area contributed by atoms with E-state index in [9.17, 15) is 27.9 Å². The van der Waals surface area contributed by atoms with Crippen LogP contribution < -0.4 is 10.9 Å². The molecule has 0 aliphatic heterocycles. The third-order valence-electron chi connectivity index (χ3n) is 5.31. The van der Waals surface area contributed by atoms with Gasteiger partial charge < -0.3 is 9.67 Å². The van der Waals surface area contributed by atoms with E-state index < -0.39 is 35.8 Å². The highest BCUT2D eigenvalue weighted by Gasteiger charge is 2.58. The number of fused-ring (bicyclic) bond motifs is 1. The zero-order chi connectivity index (χ0) is 25.2. The van der Waals surface area contributed by atoms with Crippen LogP contribution >= 0.6 is 0 Å². The second-order valence-electron chi connectivity index (χ2n) is 7.71. The van der Waals surface area contributed by atoms with Gasteiger partial charge in [0.05, 0.1) is 23.2 Å². The molecule has 35 heavy (non-hydrogen) atoms. The van der Waals surface area contributed by atoms with Gasteiger partial charge in [0.1, 0.15) is 0 Å². The number of alkyl halides is 3. The molecule has 3 aromatic heterocycles. The Hall–Kier alpha value is -4.32. The van der Waals surface area contributed by atoms with Gasteiger partial charge in [0.15, 0.2) is 5.82 Å². The average Bonchev–Trinajstić information content (AvgIpc) is 3.28. The summed E-state index contributed by atoms with van der Waals surface area (Å²) in [5, 5.41) is 10.8. The largest absolute Gasteiger partial charge is 0.425 e. The predicted molar refractivity (Wildman–Crippen MR) is 118 cm³/mol. The van der Waals surface area contributed by atoms with Crippen molar-refractivity contribution >= 4 is 22.7 Å². The number of para-hydroxylation sites is 1. The summed E-state index contributed by atoms with van der Waals surface area (Å²) in [6, 6.07) is 11.7. The minimum Gasteiger partial charge on any atom is -0.374 e. The van der Waals surface area contributed by atoms with Gasteiger partial charge in [0.2, 0.25) is 11.5 Å². The van der Waals surface area contributed by atoms with Crippen molar-refractivity contribution in [2.24, 2.45) is 7.05 Å². The molecule has 9 nitrogen and oxygen atoms in total. The summed E-state index contributed by atoms with van der Waals surface area (Å²) >= 11 is 0. The molecule has 0 radical (unpaired) electrons. The monoisotopic (exact) mass is 484 g/mol. The first-order valence-electron chi connectivity index (χ1n) is 10.3. The van der Waals surface area contributed by atoms with Gasteiger partial charge in [-0.05, 0) is 24.3 Å². The summed E-state index contributed by atoms with van der Waals surface area (Å²) in [7, 11) is 1.26. The molecule has 1 aromatic carbocycles. The fraction of sp³-hybridized carbons (Fsp3) is 0.174. The Balaban J connectivity index is 1.57. The molecule has 0 saturated carbocycles. The topological polar surface area (TPSA) is 122 Å². The number of carbonyl (C=O) groups excluding carboxylic acids is 2. The molecule has 0 unspecified atom stereocenters. The van der Waals surface area contributed by atoms with Gasteiger partial charge in [-0.3, -0.25) is 25.4 Å². The SMILES string of the molecule is Cn1ccnc1[C@](O)(CC(=O)NNC(=O)c1cc(-c2cccnc2)nc2ccccc12)C(F)(F)F. The lowest BCUT2D eigenvalue weighted by atomic mass is 9.97. The number of nitrogens with zero attached hydrogens (tertiary/aromatic N) is 4. The van der Waals surface area contributed by atoms with Crippen LogP contribution in [0.15, 0.2) is 67.3 Å². The summed E-state index contributed by atoms with van der Waals surface area (Å²) in [5.74, 6) is -2.81. The predicted octanol–water partition coefficient (Wildman–Crippen LogP) is 2.63. The lowest BCUT2D eigenvalue weighted by molar-refractivity contribution is -0.271. The normalized spacial score (nSPS) is 13.3. The van der Waals surface area contributed by atoms with Crippen molar-refractivity contribution in [1.82, 2.24) is 30.4 Å². The van der Waals surface area contributed by atoms with Crippen molar-refractivity contribution in [3.63, 3.8) is 0 Å². The van der Waals surface area contributed by atoms with E-state index >= 15 is 0 Å². The van der Waals surface area contributed by atoms with Crippen LogP contribution in [0.4, 0.5) is 13.2 Å². The van der Waals surface area contributed by atoms with Gasteiger partial charge in [-0.25, -0.2) is 9.97 Å². The van der Waals surface area contributed by atoms with Crippen LogP contribution in [0.3, 0.4) is 0 Å². The third kappa shape index (κ3) is 4.68. The number of pyridine rings is 2. The van der Waals surface area contributed by atoms with Crippen molar-refractivity contribution in [3.8, 4) is 11.3 Å². The maximum Gasteiger partial charge on any atom is 0.425 e. The first kappa shape index (κ1) is 23.8. The van der Waals surface area contributed by atoms with Crippen LogP contribution in [-0.2, 0) is 17.4 Å². The lowest BCUT2D eigenvalue weighted by Gasteiger charge is -2.29. The van der Waals surface area contributed by atoms with E-state index in [4.69, 9.17) is 0 Å². The molecular weight excluding hydrogens is 465 g/mol. The molecule has 3 N–H and O–H groups in total. The number of hydrogen-bond donors (Lipinski definition) is 3. The molecule has 180 valence electrons. The molecule has 0 saturated heterocycles. The smallest absolute Gasteiger partial charge is 0.374 e. The number of benzene rings is 1. The number of hydrazine groups is 1. The van der Waals surface area contributed by atoms with Gasteiger partial charge >= 0.3 is 6.18 Å². The highest BCUT2D eigenvalue weighted by atomic mass is 19.4. The molecule has 0 fully saturated rings. The minimum atomic E-state index is -5.20. The standard InChI is InChI=1S/C23H19F3N6O3/c1-32-10-9-28-21(32)22(35,23(24,25)26)12-19(33)30-31-20(34)16-11-18(14-5-4-8-27-13-14)29-17-7-3-2-6-15(16)17/h2-11,13,35H,12H2,1H3,(H,30,33)(H,31,34)/t22-/m1/s1. The van der Waals surface area contributed by atoms with E-state index in [-0.39, 0.29) is 5.56 Å². The summed E-state index contributed by atoms with van der Waals surface area (Å²) < 4.78 is 42.0. The van der Waals surface area contributed by atoms with Crippen molar-refractivity contribution in [2.75, 3.05) is 0 Å². The van der Waals surface area contributed by atoms with Crippen LogP contribution in [0.25, 0.3) is 22.2 Å². The Morgan fingerprint density at radius 1 is 1.09 bits per heavy atom. The molecule has 0 aliphatic rings. The Bertz CT molecular complexity index is 1390. The fourth-order valence-electron chi connectivity index (χ4n) is 3.57. The quantitative estimate of drug-likeness (QED) is 0.375. The van der Waals surface area contributed by atoms with E-state index in [1.807, 2.05) is 5.43 Å². The third-order valence-corrected chi connectivity index (χ3v) is 5.31. The van der Waals surface area contributed by atoms with E-state index in [0.717, 1.165) is 10.8 Å². The molecule has 2 amide bonds. The molecule has 12 heteroatoms. The summed E-state index contributed by atoms with van der Waals surface area (Å²) in [6.07, 6.45) is -1.19. The van der Waals surface area contributed by atoms with E-state index in [1.165, 1.54) is 19.3 Å². The van der Waals surface area contributed by atoms with Crippen LogP contribution in [0.2, 0.25) is 0 Å². The highest BCUT2D eigenvalue weighted by Crippen LogP contribution is 2.40. The number of nitrogens with one attached hydrogen (secondary N) is 2. The van der Waals surface area contributed by atoms with Crippen LogP contribution in [0.5, 0.6) is 0 Å². The van der Waals surface area contributed by atoms with Crippen molar-refractivity contribution in [3.05, 3.63) is 78.6 Å². The molecule has 0 aliphatic carbocycles. The molecule has 4 aromatic rings. The first-order chi connectivity index (χ1) is 16.6. The van der Waals surface area contributed by atoms with E-state index in [1.54, 1.807) is 48.8 Å². The minimum absolute atomic E-state index is 0.130. The zero-order valence-electron chi connectivity index (χ0n) is 18.2. The summed E-state index contributed by atoms with van der Waals surface area (Å²) in [4.78, 5) is 37.4. The zero-order valence-corrected chi connectivity index (χ0v) is 18.2. The Morgan fingerprint density at radius 2 is 1.86 bits per heavy atom. The van der Waals surface area contributed by atoms with Crippen molar-refractivity contribution in [2.45, 2.75) is 18.2 Å². The molecule has 0 spiro atoms. The number of aliphatic hydroxyl groups is 1. The Labute approximate surface area is 196 Å². The second-order valence-corrected chi connectivity index (χ2v) is 7.71. The number of hydrogen-bond acceptors (Lipinski definition) is 6. The van der Waals surface area contributed by atoms with Crippen molar-refractivity contribution in [1.29, 1.82) is 0 Å². The molecule has 0 bridgehead atoms. The first-order valence-corrected chi connectivity index (χ1v) is 10.3. The highest BCUT2D eigenvalue weighted by molar-refractivity contribution is 6.07. The van der Waals surface area contributed by atoms with E-state index in [2.05, 4.69) is 20.4 Å².